The number of nitrogens with zero attached hydrogens (tertiary/aromatic N) is 1. The van der Waals surface area contributed by atoms with Crippen LogP contribution in [0.3, 0.4) is 0 Å². The lowest BCUT2D eigenvalue weighted by Crippen LogP contribution is -2.47. The van der Waals surface area contributed by atoms with Gasteiger partial charge in [0.15, 0.2) is 0 Å². The largest absolute Gasteiger partial charge is 0.326 e. The van der Waals surface area contributed by atoms with E-state index < -0.39 is 0 Å². The molecule has 5 heteroatoms. The molecule has 4 rings (SSSR count). The normalized spacial score (nSPS) is 27.5. The highest BCUT2D eigenvalue weighted by Crippen LogP contribution is 2.39. The third-order valence-electron chi connectivity index (χ3n) is 4.55. The van der Waals surface area contributed by atoms with Crippen molar-refractivity contribution in [3.8, 4) is 0 Å². The van der Waals surface area contributed by atoms with Gasteiger partial charge in [0.25, 0.3) is 0 Å². The minimum absolute atomic E-state index is 0.0511. The number of anilines is 1. The molecule has 2 aliphatic heterocycles. The molecule has 2 heterocycles. The lowest BCUT2D eigenvalue weighted by atomic mass is 9.68. The molecule has 2 N–H and O–H groups in total. The van der Waals surface area contributed by atoms with Gasteiger partial charge in [0.2, 0.25) is 11.8 Å². The van der Waals surface area contributed by atoms with E-state index in [4.69, 9.17) is 0 Å². The zero-order valence-electron chi connectivity index (χ0n) is 11.0. The predicted octanol–water partition coefficient (Wildman–Crippen LogP) is 1.43. The van der Waals surface area contributed by atoms with Crippen LogP contribution in [0.15, 0.2) is 23.3 Å². The van der Waals surface area contributed by atoms with Gasteiger partial charge in [-0.1, -0.05) is 6.07 Å². The number of aryl methyl sites for hydroxylation is 1. The third-order valence-corrected chi connectivity index (χ3v) is 4.55. The molecule has 1 aromatic rings. The highest BCUT2D eigenvalue weighted by atomic mass is 16.2. The number of rotatable bonds is 1. The van der Waals surface area contributed by atoms with Crippen molar-refractivity contribution in [3.05, 3.63) is 29.3 Å². The number of hydrogen-bond donors (Lipinski definition) is 2. The minimum atomic E-state index is 0.0511. The third kappa shape index (κ3) is 1.66. The Morgan fingerprint density at radius 2 is 1.95 bits per heavy atom. The van der Waals surface area contributed by atoms with Crippen molar-refractivity contribution < 1.29 is 9.59 Å². The van der Waals surface area contributed by atoms with Gasteiger partial charge in [-0.05, 0) is 42.5 Å². The second kappa shape index (κ2) is 4.16. The zero-order valence-corrected chi connectivity index (χ0v) is 11.0. The molecule has 2 unspecified atom stereocenters. The average Bonchev–Trinajstić information content (AvgIpc) is 2.40. The van der Waals surface area contributed by atoms with Crippen LogP contribution in [0.25, 0.3) is 0 Å². The standard InChI is InChI=1S/C15H15N3O2/c19-13-6-2-8-7-9(1-5-12(8)16-13)14-10-3-4-11(10)15(20)18-17-14/h1,5,7,10-11H,2-4,6H2,(H,16,19)(H,18,20). The van der Waals surface area contributed by atoms with Gasteiger partial charge in [0.1, 0.15) is 0 Å². The van der Waals surface area contributed by atoms with Crippen LogP contribution in [0.1, 0.15) is 30.4 Å². The predicted molar refractivity (Wildman–Crippen MR) is 74.3 cm³/mol. The number of benzene rings is 1. The fourth-order valence-electron chi connectivity index (χ4n) is 3.24. The Labute approximate surface area is 116 Å². The van der Waals surface area contributed by atoms with Gasteiger partial charge in [-0.25, -0.2) is 5.43 Å². The van der Waals surface area contributed by atoms with Gasteiger partial charge in [0.05, 0.1) is 5.71 Å². The van der Waals surface area contributed by atoms with Crippen molar-refractivity contribution in [2.24, 2.45) is 16.9 Å². The van der Waals surface area contributed by atoms with E-state index in [2.05, 4.69) is 21.9 Å². The smallest absolute Gasteiger partial charge is 0.243 e. The summed E-state index contributed by atoms with van der Waals surface area (Å²) in [5, 5.41) is 7.14. The number of hydrazone groups is 1. The van der Waals surface area contributed by atoms with Crippen LogP contribution in [0.4, 0.5) is 5.69 Å². The molecular formula is C15H15N3O2. The van der Waals surface area contributed by atoms with E-state index in [1.807, 2.05) is 12.1 Å². The van der Waals surface area contributed by atoms with E-state index in [0.29, 0.717) is 6.42 Å². The summed E-state index contributed by atoms with van der Waals surface area (Å²) in [7, 11) is 0. The van der Waals surface area contributed by atoms with E-state index in [0.717, 1.165) is 41.8 Å². The van der Waals surface area contributed by atoms with Crippen molar-refractivity contribution in [1.82, 2.24) is 5.43 Å². The van der Waals surface area contributed by atoms with Gasteiger partial charge >= 0.3 is 0 Å². The maximum absolute atomic E-state index is 11.6. The molecule has 1 fully saturated rings. The number of carbonyl (C=O) groups is 2. The summed E-state index contributed by atoms with van der Waals surface area (Å²) in [5.74, 6) is 0.486. The number of carbonyl (C=O) groups excluding carboxylic acids is 2. The molecule has 0 radical (unpaired) electrons. The summed E-state index contributed by atoms with van der Waals surface area (Å²) >= 11 is 0. The highest BCUT2D eigenvalue weighted by molar-refractivity contribution is 6.08. The van der Waals surface area contributed by atoms with Crippen LogP contribution in [0, 0.1) is 11.8 Å². The molecule has 5 nitrogen and oxygen atoms in total. The average molecular weight is 269 g/mol. The second-order valence-electron chi connectivity index (χ2n) is 5.68. The van der Waals surface area contributed by atoms with E-state index >= 15 is 0 Å². The monoisotopic (exact) mass is 269 g/mol. The van der Waals surface area contributed by atoms with Gasteiger partial charge < -0.3 is 5.32 Å². The number of amides is 2. The summed E-state index contributed by atoms with van der Waals surface area (Å²) in [6.07, 6.45) is 3.29. The topological polar surface area (TPSA) is 70.6 Å². The SMILES string of the molecule is O=C1CCc2cc(C3=NNC(=O)C4CCC34)ccc2N1. The van der Waals surface area contributed by atoms with Gasteiger partial charge in [-0.3, -0.25) is 9.59 Å². The fraction of sp³-hybridized carbons (Fsp3) is 0.400. The summed E-state index contributed by atoms with van der Waals surface area (Å²) in [6.45, 7) is 0. The van der Waals surface area contributed by atoms with Crippen LogP contribution in [-0.4, -0.2) is 17.5 Å². The van der Waals surface area contributed by atoms with E-state index in [1.165, 1.54) is 0 Å². The van der Waals surface area contributed by atoms with Crippen LogP contribution in [0.5, 0.6) is 0 Å². The van der Waals surface area contributed by atoms with Crippen molar-refractivity contribution in [2.45, 2.75) is 25.7 Å². The molecule has 3 aliphatic rings. The Bertz CT molecular complexity index is 651. The number of fused-ring (bicyclic) bond motifs is 2. The lowest BCUT2D eigenvalue weighted by Gasteiger charge is -2.39. The fourth-order valence-corrected chi connectivity index (χ4v) is 3.24. The van der Waals surface area contributed by atoms with Crippen LogP contribution < -0.4 is 10.7 Å². The second-order valence-corrected chi connectivity index (χ2v) is 5.68. The molecule has 0 spiro atoms. The first kappa shape index (κ1) is 11.6. The zero-order chi connectivity index (χ0) is 13.7. The number of hydrogen-bond acceptors (Lipinski definition) is 3. The van der Waals surface area contributed by atoms with Crippen molar-refractivity contribution in [1.29, 1.82) is 0 Å². The van der Waals surface area contributed by atoms with Gasteiger partial charge in [0, 0.05) is 23.9 Å². The van der Waals surface area contributed by atoms with Crippen LogP contribution in [-0.2, 0) is 16.0 Å². The molecule has 20 heavy (non-hydrogen) atoms. The van der Waals surface area contributed by atoms with E-state index in [1.54, 1.807) is 0 Å². The molecule has 1 aromatic carbocycles. The van der Waals surface area contributed by atoms with Crippen LogP contribution in [0.2, 0.25) is 0 Å². The summed E-state index contributed by atoms with van der Waals surface area (Å²) in [4.78, 5) is 23.0. The Morgan fingerprint density at radius 3 is 2.75 bits per heavy atom. The summed E-state index contributed by atoms with van der Waals surface area (Å²) < 4.78 is 0. The van der Waals surface area contributed by atoms with E-state index in [9.17, 15) is 9.59 Å². The van der Waals surface area contributed by atoms with Gasteiger partial charge in [-0.2, -0.15) is 5.10 Å². The Morgan fingerprint density at radius 1 is 1.10 bits per heavy atom. The molecule has 0 bridgehead atoms. The first-order valence-electron chi connectivity index (χ1n) is 7.03. The maximum atomic E-state index is 11.6. The quantitative estimate of drug-likeness (QED) is 0.809. The Hall–Kier alpha value is -2.17. The number of nitrogens with one attached hydrogen (secondary N) is 2. The molecule has 2 amide bonds. The van der Waals surface area contributed by atoms with Crippen molar-refractivity contribution in [2.75, 3.05) is 5.32 Å². The van der Waals surface area contributed by atoms with Gasteiger partial charge in [-0.15, -0.1) is 0 Å². The summed E-state index contributed by atoms with van der Waals surface area (Å²) in [5.41, 5.74) is 6.73. The minimum Gasteiger partial charge on any atom is -0.326 e. The molecular weight excluding hydrogens is 254 g/mol. The Kier molecular flexibility index (Phi) is 2.42. The van der Waals surface area contributed by atoms with Crippen molar-refractivity contribution >= 4 is 23.2 Å². The molecule has 0 saturated heterocycles. The molecule has 1 aliphatic carbocycles. The van der Waals surface area contributed by atoms with Crippen LogP contribution >= 0.6 is 0 Å². The molecule has 102 valence electrons. The highest BCUT2D eigenvalue weighted by Gasteiger charge is 2.42. The first-order valence-corrected chi connectivity index (χ1v) is 7.03. The first-order chi connectivity index (χ1) is 9.72. The maximum Gasteiger partial charge on any atom is 0.243 e. The summed E-state index contributed by atoms with van der Waals surface area (Å²) in [6, 6.07) is 6.02. The van der Waals surface area contributed by atoms with Crippen molar-refractivity contribution in [3.63, 3.8) is 0 Å². The lowest BCUT2D eigenvalue weighted by molar-refractivity contribution is -0.129. The molecule has 2 atom stereocenters. The molecule has 0 aromatic heterocycles. The Balaban J connectivity index is 1.69. The van der Waals surface area contributed by atoms with E-state index in [-0.39, 0.29) is 23.7 Å². The molecule has 1 saturated carbocycles.